The van der Waals surface area contributed by atoms with Crippen molar-refractivity contribution in [3.8, 4) is 6.07 Å². The number of hydrogen-bond acceptors (Lipinski definition) is 6. The third-order valence-corrected chi connectivity index (χ3v) is 6.97. The summed E-state index contributed by atoms with van der Waals surface area (Å²) in [6.07, 6.45) is 12.6. The first-order valence-corrected chi connectivity index (χ1v) is 12.2. The fourth-order valence-electron chi connectivity index (χ4n) is 2.79. The van der Waals surface area contributed by atoms with Crippen LogP contribution in [0.1, 0.15) is 90.4 Å². The Labute approximate surface area is 176 Å². The van der Waals surface area contributed by atoms with Crippen LogP contribution in [0.3, 0.4) is 0 Å². The molecule has 8 heteroatoms. The molecule has 1 N–H and O–H groups in total. The molecular formula is C19H32NO4S3-. The second-order valence-corrected chi connectivity index (χ2v) is 9.98. The van der Waals surface area contributed by atoms with E-state index in [0.29, 0.717) is 10.6 Å². The van der Waals surface area contributed by atoms with Crippen LogP contribution in [0.15, 0.2) is 0 Å². The van der Waals surface area contributed by atoms with E-state index in [2.05, 4.69) is 6.92 Å². The Kier molecular flexibility index (Phi) is 16.2. The van der Waals surface area contributed by atoms with Crippen LogP contribution in [0.4, 0.5) is 0 Å². The summed E-state index contributed by atoms with van der Waals surface area (Å²) in [4.78, 5) is 10.8. The van der Waals surface area contributed by atoms with Crippen molar-refractivity contribution >= 4 is 45.2 Å². The number of carbonyl (C=O) groups is 1. The SMILES string of the molecule is CCCCCCCCCCCCC(=S)SC(C#N)(CCC(=O)O)CS(=O)[O-]. The van der Waals surface area contributed by atoms with Crippen molar-refractivity contribution in [3.05, 3.63) is 0 Å². The quantitative estimate of drug-likeness (QED) is 0.187. The van der Waals surface area contributed by atoms with E-state index in [1.165, 1.54) is 44.9 Å². The maximum absolute atomic E-state index is 11.1. The van der Waals surface area contributed by atoms with Crippen molar-refractivity contribution in [2.45, 2.75) is 95.1 Å². The van der Waals surface area contributed by atoms with E-state index in [1.54, 1.807) is 0 Å². The molecule has 0 saturated carbocycles. The monoisotopic (exact) mass is 434 g/mol. The molecule has 0 aliphatic carbocycles. The molecule has 0 fully saturated rings. The Bertz CT molecular complexity index is 508. The van der Waals surface area contributed by atoms with Crippen LogP contribution in [0.25, 0.3) is 0 Å². The highest BCUT2D eigenvalue weighted by molar-refractivity contribution is 8.24. The first kappa shape index (κ1) is 26.5. The van der Waals surface area contributed by atoms with Gasteiger partial charge < -0.3 is 9.66 Å². The largest absolute Gasteiger partial charge is 0.772 e. The smallest absolute Gasteiger partial charge is 0.303 e. The Morgan fingerprint density at radius 2 is 1.63 bits per heavy atom. The van der Waals surface area contributed by atoms with Gasteiger partial charge >= 0.3 is 5.97 Å². The van der Waals surface area contributed by atoms with Gasteiger partial charge in [-0.1, -0.05) is 99.8 Å². The van der Waals surface area contributed by atoms with Crippen LogP contribution in [-0.2, 0) is 15.9 Å². The minimum absolute atomic E-state index is 0.0321. The molecule has 0 aromatic carbocycles. The third-order valence-electron chi connectivity index (χ3n) is 4.34. The number of rotatable bonds is 17. The fourth-order valence-corrected chi connectivity index (χ4v) is 5.46. The number of nitriles is 1. The van der Waals surface area contributed by atoms with E-state index < -0.39 is 27.5 Å². The second kappa shape index (κ2) is 16.5. The van der Waals surface area contributed by atoms with Crippen LogP contribution >= 0.6 is 24.0 Å². The van der Waals surface area contributed by atoms with E-state index in [4.69, 9.17) is 17.3 Å². The maximum atomic E-state index is 11.1. The minimum Gasteiger partial charge on any atom is -0.772 e. The predicted octanol–water partition coefficient (Wildman–Crippen LogP) is 5.36. The van der Waals surface area contributed by atoms with E-state index in [1.807, 2.05) is 6.07 Å². The molecule has 0 aliphatic rings. The normalized spacial score (nSPS) is 14.3. The molecule has 5 nitrogen and oxygen atoms in total. The van der Waals surface area contributed by atoms with Gasteiger partial charge in [0.05, 0.1) is 6.07 Å². The first-order chi connectivity index (χ1) is 12.8. The van der Waals surface area contributed by atoms with Crippen LogP contribution in [-0.4, -0.2) is 34.5 Å². The third kappa shape index (κ3) is 15.1. The maximum Gasteiger partial charge on any atom is 0.303 e. The molecule has 2 unspecified atom stereocenters. The molecule has 0 radical (unpaired) electrons. The number of carboxylic acids is 1. The van der Waals surface area contributed by atoms with Gasteiger partial charge in [0.2, 0.25) is 0 Å². The van der Waals surface area contributed by atoms with Gasteiger partial charge in [-0.3, -0.25) is 9.00 Å². The van der Waals surface area contributed by atoms with Crippen LogP contribution in [0, 0.1) is 11.3 Å². The lowest BCUT2D eigenvalue weighted by atomic mass is 10.1. The fraction of sp³-hybridized carbons (Fsp3) is 0.842. The summed E-state index contributed by atoms with van der Waals surface area (Å²) in [5.74, 6) is -1.45. The molecule has 0 aliphatic heterocycles. The van der Waals surface area contributed by atoms with Gasteiger partial charge in [-0.25, -0.2) is 0 Å². The minimum atomic E-state index is -2.43. The summed E-state index contributed by atoms with van der Waals surface area (Å²) in [6.45, 7) is 2.22. The number of aliphatic carboxylic acids is 1. The number of nitrogens with zero attached hydrogens (tertiary/aromatic N) is 1. The topological polar surface area (TPSA) is 101 Å². The predicted molar refractivity (Wildman–Crippen MR) is 116 cm³/mol. The molecule has 0 amide bonds. The first-order valence-electron chi connectivity index (χ1n) is 9.76. The summed E-state index contributed by atoms with van der Waals surface area (Å²) < 4.78 is 21.5. The van der Waals surface area contributed by atoms with Gasteiger partial charge in [0, 0.05) is 16.4 Å². The van der Waals surface area contributed by atoms with Gasteiger partial charge in [0.15, 0.2) is 0 Å². The van der Waals surface area contributed by atoms with E-state index in [0.717, 1.165) is 31.0 Å². The lowest BCUT2D eigenvalue weighted by Gasteiger charge is -2.26. The Hall–Kier alpha value is -0.490. The van der Waals surface area contributed by atoms with Crippen molar-refractivity contribution in [1.29, 1.82) is 5.26 Å². The standard InChI is InChI=1S/C19H33NO4S3/c1-2-3-4-5-6-7-8-9-10-11-12-18(25)26-19(15-20,16-27(23)24)14-13-17(21)22/h2-14,16H2,1H3,(H,21,22)(H,23,24)/p-1. The second-order valence-electron chi connectivity index (χ2n) is 6.85. The summed E-state index contributed by atoms with van der Waals surface area (Å²) in [6, 6.07) is 1.99. The Balaban J connectivity index is 4.11. The average molecular weight is 435 g/mol. The lowest BCUT2D eigenvalue weighted by Crippen LogP contribution is -2.32. The summed E-state index contributed by atoms with van der Waals surface area (Å²) in [5, 5.41) is 18.3. The molecule has 0 aromatic rings. The zero-order chi connectivity index (χ0) is 20.5. The number of carboxylic acid groups (broad SMARTS) is 1. The van der Waals surface area contributed by atoms with E-state index in [-0.39, 0.29) is 12.8 Å². The number of thiocarbonyl (C=S) groups is 1. The van der Waals surface area contributed by atoms with Crippen LogP contribution in [0.2, 0.25) is 0 Å². The highest BCUT2D eigenvalue weighted by atomic mass is 32.2. The Morgan fingerprint density at radius 3 is 2.07 bits per heavy atom. The molecule has 27 heavy (non-hydrogen) atoms. The molecule has 0 spiro atoms. The van der Waals surface area contributed by atoms with Crippen molar-refractivity contribution in [1.82, 2.24) is 0 Å². The molecule has 156 valence electrons. The van der Waals surface area contributed by atoms with Gasteiger partial charge in [-0.15, -0.1) is 0 Å². The highest BCUT2D eigenvalue weighted by Gasteiger charge is 2.33. The zero-order valence-corrected chi connectivity index (χ0v) is 18.7. The van der Waals surface area contributed by atoms with Crippen molar-refractivity contribution in [2.24, 2.45) is 0 Å². The van der Waals surface area contributed by atoms with Gasteiger partial charge in [0.25, 0.3) is 0 Å². The number of hydrogen-bond donors (Lipinski definition) is 1. The van der Waals surface area contributed by atoms with E-state index in [9.17, 15) is 18.8 Å². The molecular weight excluding hydrogens is 402 g/mol. The van der Waals surface area contributed by atoms with Gasteiger partial charge in [-0.05, 0) is 19.3 Å². The summed E-state index contributed by atoms with van der Waals surface area (Å²) >= 11 is 3.95. The number of thioether (sulfide) groups is 1. The summed E-state index contributed by atoms with van der Waals surface area (Å²) in [5.41, 5.74) is 0. The number of unbranched alkanes of at least 4 members (excludes halogenated alkanes) is 9. The van der Waals surface area contributed by atoms with E-state index >= 15 is 0 Å². The van der Waals surface area contributed by atoms with Crippen molar-refractivity contribution < 1.29 is 18.7 Å². The molecule has 2 atom stereocenters. The van der Waals surface area contributed by atoms with Crippen molar-refractivity contribution in [3.63, 3.8) is 0 Å². The molecule has 0 bridgehead atoms. The zero-order valence-electron chi connectivity index (χ0n) is 16.2. The summed E-state index contributed by atoms with van der Waals surface area (Å²) in [7, 11) is 0. The molecule has 0 aromatic heterocycles. The molecule has 0 rings (SSSR count). The lowest BCUT2D eigenvalue weighted by molar-refractivity contribution is -0.137. The van der Waals surface area contributed by atoms with Crippen LogP contribution in [0.5, 0.6) is 0 Å². The average Bonchev–Trinajstić information content (AvgIpc) is 2.60. The van der Waals surface area contributed by atoms with Crippen LogP contribution < -0.4 is 0 Å². The van der Waals surface area contributed by atoms with Gasteiger partial charge in [0.1, 0.15) is 4.75 Å². The Morgan fingerprint density at radius 1 is 1.11 bits per heavy atom. The highest BCUT2D eigenvalue weighted by Crippen LogP contribution is 2.34. The van der Waals surface area contributed by atoms with Gasteiger partial charge in [-0.2, -0.15) is 5.26 Å². The van der Waals surface area contributed by atoms with Crippen molar-refractivity contribution in [2.75, 3.05) is 5.75 Å². The molecule has 0 heterocycles. The molecule has 0 saturated heterocycles.